The molecule has 0 aliphatic carbocycles. The van der Waals surface area contributed by atoms with Gasteiger partial charge >= 0.3 is 0 Å². The van der Waals surface area contributed by atoms with E-state index in [2.05, 4.69) is 9.97 Å². The Labute approximate surface area is 104 Å². The summed E-state index contributed by atoms with van der Waals surface area (Å²) in [6, 6.07) is 8.80. The number of nitrogens with zero attached hydrogens (tertiary/aromatic N) is 1. The van der Waals surface area contributed by atoms with E-state index >= 15 is 0 Å². The Morgan fingerprint density at radius 2 is 2.06 bits per heavy atom. The van der Waals surface area contributed by atoms with E-state index in [4.69, 9.17) is 9.47 Å². The molecule has 1 aromatic heterocycles. The van der Waals surface area contributed by atoms with Crippen molar-refractivity contribution in [2.75, 3.05) is 14.2 Å². The Morgan fingerprint density at radius 3 is 2.78 bits per heavy atom. The lowest BCUT2D eigenvalue weighted by atomic mass is 10.2. The average molecular weight is 246 g/mol. The zero-order valence-corrected chi connectivity index (χ0v) is 10.3. The fraction of sp³-hybridized carbons (Fsp3) is 0.231. The van der Waals surface area contributed by atoms with E-state index in [0.717, 1.165) is 5.56 Å². The second-order valence-electron chi connectivity index (χ2n) is 3.72. The molecule has 18 heavy (non-hydrogen) atoms. The zero-order valence-electron chi connectivity index (χ0n) is 10.3. The third kappa shape index (κ3) is 2.57. The summed E-state index contributed by atoms with van der Waals surface area (Å²) in [6.45, 7) is 0.298. The van der Waals surface area contributed by atoms with Crippen molar-refractivity contribution >= 4 is 0 Å². The van der Waals surface area contributed by atoms with Gasteiger partial charge in [-0.15, -0.1) is 0 Å². The van der Waals surface area contributed by atoms with Gasteiger partial charge in [0.15, 0.2) is 0 Å². The summed E-state index contributed by atoms with van der Waals surface area (Å²) in [4.78, 5) is 18.6. The number of H-pyrrole nitrogens is 1. The number of nitrogens with one attached hydrogen (secondary N) is 1. The van der Waals surface area contributed by atoms with Crippen LogP contribution in [0.1, 0.15) is 5.69 Å². The number of hydrogen-bond donors (Lipinski definition) is 1. The first-order valence-electron chi connectivity index (χ1n) is 5.47. The second kappa shape index (κ2) is 5.46. The number of methoxy groups -OCH3 is 2. The van der Waals surface area contributed by atoms with Gasteiger partial charge in [0, 0.05) is 13.2 Å². The highest BCUT2D eigenvalue weighted by Crippen LogP contribution is 2.25. The summed E-state index contributed by atoms with van der Waals surface area (Å²) in [5, 5.41) is 0. The number of rotatable bonds is 4. The van der Waals surface area contributed by atoms with Crippen LogP contribution in [0.15, 0.2) is 35.1 Å². The van der Waals surface area contributed by atoms with E-state index in [1.54, 1.807) is 14.2 Å². The maximum Gasteiger partial charge on any atom is 0.251 e. The Morgan fingerprint density at radius 1 is 1.28 bits per heavy atom. The molecular formula is C13H14N2O3. The summed E-state index contributed by atoms with van der Waals surface area (Å²) < 4.78 is 10.2. The highest BCUT2D eigenvalue weighted by Gasteiger charge is 2.08. The van der Waals surface area contributed by atoms with Gasteiger partial charge in [0.1, 0.15) is 11.6 Å². The van der Waals surface area contributed by atoms with Crippen molar-refractivity contribution in [3.8, 4) is 17.1 Å². The topological polar surface area (TPSA) is 64.2 Å². The Kier molecular flexibility index (Phi) is 3.74. The molecule has 5 nitrogen and oxygen atoms in total. The Bertz CT molecular complexity index is 593. The lowest BCUT2D eigenvalue weighted by Crippen LogP contribution is -2.11. The SMILES string of the molecule is COCc1cc(=O)[nH]c(-c2ccccc2OC)n1. The molecule has 0 radical (unpaired) electrons. The molecule has 0 bridgehead atoms. The lowest BCUT2D eigenvalue weighted by molar-refractivity contribution is 0.181. The van der Waals surface area contributed by atoms with Gasteiger partial charge in [-0.3, -0.25) is 4.79 Å². The van der Waals surface area contributed by atoms with Gasteiger partial charge in [0.25, 0.3) is 5.56 Å². The van der Waals surface area contributed by atoms with Crippen LogP contribution in [-0.4, -0.2) is 24.2 Å². The summed E-state index contributed by atoms with van der Waals surface area (Å²) in [5.74, 6) is 1.14. The molecular weight excluding hydrogens is 232 g/mol. The van der Waals surface area contributed by atoms with Crippen molar-refractivity contribution in [1.82, 2.24) is 9.97 Å². The van der Waals surface area contributed by atoms with Crippen LogP contribution in [-0.2, 0) is 11.3 Å². The van der Waals surface area contributed by atoms with Gasteiger partial charge in [-0.25, -0.2) is 4.98 Å². The van der Waals surface area contributed by atoms with Crippen LogP contribution in [0.2, 0.25) is 0 Å². The number of para-hydroxylation sites is 1. The molecule has 0 unspecified atom stereocenters. The van der Waals surface area contributed by atoms with Crippen molar-refractivity contribution in [3.63, 3.8) is 0 Å². The van der Waals surface area contributed by atoms with Gasteiger partial charge in [-0.05, 0) is 12.1 Å². The molecule has 0 atom stereocenters. The molecule has 1 heterocycles. The predicted octanol–water partition coefficient (Wildman–Crippen LogP) is 1.59. The van der Waals surface area contributed by atoms with E-state index in [1.807, 2.05) is 24.3 Å². The smallest absolute Gasteiger partial charge is 0.251 e. The maximum atomic E-state index is 11.6. The van der Waals surface area contributed by atoms with Crippen LogP contribution in [0.3, 0.4) is 0 Å². The zero-order chi connectivity index (χ0) is 13.0. The normalized spacial score (nSPS) is 10.3. The average Bonchev–Trinajstić information content (AvgIpc) is 2.38. The Hall–Kier alpha value is -2.14. The molecule has 0 aliphatic heterocycles. The third-order valence-electron chi connectivity index (χ3n) is 2.45. The fourth-order valence-corrected chi connectivity index (χ4v) is 1.70. The number of aromatic amines is 1. The maximum absolute atomic E-state index is 11.6. The highest BCUT2D eigenvalue weighted by molar-refractivity contribution is 5.63. The summed E-state index contributed by atoms with van der Waals surface area (Å²) >= 11 is 0. The van der Waals surface area contributed by atoms with Crippen molar-refractivity contribution in [1.29, 1.82) is 0 Å². The minimum Gasteiger partial charge on any atom is -0.496 e. The first-order chi connectivity index (χ1) is 8.74. The first-order valence-corrected chi connectivity index (χ1v) is 5.47. The molecule has 2 aromatic rings. The molecule has 2 rings (SSSR count). The summed E-state index contributed by atoms with van der Waals surface area (Å²) in [5.41, 5.74) is 1.12. The predicted molar refractivity (Wildman–Crippen MR) is 67.6 cm³/mol. The van der Waals surface area contributed by atoms with Crippen molar-refractivity contribution < 1.29 is 9.47 Å². The van der Waals surface area contributed by atoms with Crippen LogP contribution in [0.5, 0.6) is 5.75 Å². The fourth-order valence-electron chi connectivity index (χ4n) is 1.70. The molecule has 0 aliphatic rings. The quantitative estimate of drug-likeness (QED) is 0.889. The standard InChI is InChI=1S/C13H14N2O3/c1-17-8-9-7-12(16)15-13(14-9)10-5-3-4-6-11(10)18-2/h3-7H,8H2,1-2H3,(H,14,15,16). The van der Waals surface area contributed by atoms with Crippen LogP contribution in [0.25, 0.3) is 11.4 Å². The second-order valence-corrected chi connectivity index (χ2v) is 3.72. The van der Waals surface area contributed by atoms with E-state index < -0.39 is 0 Å². The molecule has 5 heteroatoms. The van der Waals surface area contributed by atoms with Crippen LogP contribution in [0, 0.1) is 0 Å². The third-order valence-corrected chi connectivity index (χ3v) is 2.45. The van der Waals surface area contributed by atoms with E-state index in [-0.39, 0.29) is 5.56 Å². The molecule has 0 saturated heterocycles. The highest BCUT2D eigenvalue weighted by atomic mass is 16.5. The van der Waals surface area contributed by atoms with Crippen molar-refractivity contribution in [3.05, 3.63) is 46.4 Å². The molecule has 0 fully saturated rings. The summed E-state index contributed by atoms with van der Waals surface area (Å²) in [7, 11) is 3.14. The first kappa shape index (κ1) is 12.3. The van der Waals surface area contributed by atoms with Gasteiger partial charge < -0.3 is 14.5 Å². The molecule has 0 amide bonds. The number of benzene rings is 1. The van der Waals surface area contributed by atoms with Gasteiger partial charge in [0.05, 0.1) is 25.0 Å². The number of hydrogen-bond acceptors (Lipinski definition) is 4. The Balaban J connectivity index is 2.53. The molecule has 1 aromatic carbocycles. The minimum atomic E-state index is -0.210. The molecule has 0 spiro atoms. The van der Waals surface area contributed by atoms with Crippen molar-refractivity contribution in [2.45, 2.75) is 6.61 Å². The molecule has 1 N–H and O–H groups in total. The lowest BCUT2D eigenvalue weighted by Gasteiger charge is -2.08. The van der Waals surface area contributed by atoms with Crippen molar-refractivity contribution in [2.24, 2.45) is 0 Å². The van der Waals surface area contributed by atoms with Gasteiger partial charge in [0.2, 0.25) is 0 Å². The molecule has 94 valence electrons. The van der Waals surface area contributed by atoms with Gasteiger partial charge in [-0.2, -0.15) is 0 Å². The van der Waals surface area contributed by atoms with Crippen LogP contribution >= 0.6 is 0 Å². The molecule has 0 saturated carbocycles. The van der Waals surface area contributed by atoms with Crippen LogP contribution < -0.4 is 10.3 Å². The van der Waals surface area contributed by atoms with E-state index in [0.29, 0.717) is 23.9 Å². The van der Waals surface area contributed by atoms with Crippen LogP contribution in [0.4, 0.5) is 0 Å². The van der Waals surface area contributed by atoms with E-state index in [1.165, 1.54) is 6.07 Å². The van der Waals surface area contributed by atoms with Gasteiger partial charge in [-0.1, -0.05) is 12.1 Å². The number of aromatic nitrogens is 2. The number of ether oxygens (including phenoxy) is 2. The monoisotopic (exact) mass is 246 g/mol. The van der Waals surface area contributed by atoms with E-state index in [9.17, 15) is 4.79 Å². The summed E-state index contributed by atoms with van der Waals surface area (Å²) in [6.07, 6.45) is 0. The largest absolute Gasteiger partial charge is 0.496 e. The minimum absolute atomic E-state index is 0.210.